The van der Waals surface area contributed by atoms with Gasteiger partial charge in [-0.15, -0.1) is 0 Å². The van der Waals surface area contributed by atoms with E-state index in [0.29, 0.717) is 12.6 Å². The number of rotatable bonds is 4. The van der Waals surface area contributed by atoms with Crippen molar-refractivity contribution in [2.75, 3.05) is 5.32 Å². The molecule has 0 spiro atoms. The van der Waals surface area contributed by atoms with Crippen molar-refractivity contribution in [1.82, 2.24) is 9.78 Å². The van der Waals surface area contributed by atoms with E-state index in [4.69, 9.17) is 11.6 Å². The number of halogens is 2. The van der Waals surface area contributed by atoms with E-state index < -0.39 is 5.82 Å². The van der Waals surface area contributed by atoms with Gasteiger partial charge < -0.3 is 5.32 Å². The van der Waals surface area contributed by atoms with Gasteiger partial charge in [-0.05, 0) is 38.1 Å². The van der Waals surface area contributed by atoms with Gasteiger partial charge in [-0.3, -0.25) is 4.68 Å². The molecule has 1 aromatic heterocycles. The predicted molar refractivity (Wildman–Crippen MR) is 71.3 cm³/mol. The fourth-order valence-corrected chi connectivity index (χ4v) is 1.74. The molecule has 0 fully saturated rings. The van der Waals surface area contributed by atoms with Gasteiger partial charge in [0.1, 0.15) is 5.82 Å². The van der Waals surface area contributed by atoms with Crippen LogP contribution in [0.4, 0.5) is 10.1 Å². The van der Waals surface area contributed by atoms with Crippen LogP contribution in [0.1, 0.15) is 25.6 Å². The summed E-state index contributed by atoms with van der Waals surface area (Å²) >= 11 is 5.71. The Balaban J connectivity index is 2.00. The zero-order valence-electron chi connectivity index (χ0n) is 10.3. The second kappa shape index (κ2) is 5.40. The predicted octanol–water partition coefficient (Wildman–Crippen LogP) is 3.87. The van der Waals surface area contributed by atoms with E-state index in [9.17, 15) is 4.39 Å². The van der Waals surface area contributed by atoms with Crippen LogP contribution in [0, 0.1) is 5.82 Å². The standard InChI is InChI=1S/C13H15ClFN3/c1-9(2)18-6-5-11(17-18)8-16-10-3-4-13(15)12(14)7-10/h3-7,9,16H,8H2,1-2H3. The average molecular weight is 268 g/mol. The molecule has 0 bridgehead atoms. The van der Waals surface area contributed by atoms with Crippen LogP contribution < -0.4 is 5.32 Å². The maximum Gasteiger partial charge on any atom is 0.141 e. The molecule has 3 nitrogen and oxygen atoms in total. The molecule has 0 radical (unpaired) electrons. The van der Waals surface area contributed by atoms with E-state index >= 15 is 0 Å². The fraction of sp³-hybridized carbons (Fsp3) is 0.308. The largest absolute Gasteiger partial charge is 0.379 e. The molecule has 0 aliphatic carbocycles. The van der Waals surface area contributed by atoms with Crippen LogP contribution in [0.15, 0.2) is 30.5 Å². The molecule has 0 atom stereocenters. The first-order valence-electron chi connectivity index (χ1n) is 5.79. The number of hydrogen-bond donors (Lipinski definition) is 1. The van der Waals surface area contributed by atoms with Crippen molar-refractivity contribution in [3.63, 3.8) is 0 Å². The number of nitrogens with zero attached hydrogens (tertiary/aromatic N) is 2. The summed E-state index contributed by atoms with van der Waals surface area (Å²) in [5.41, 5.74) is 1.71. The monoisotopic (exact) mass is 267 g/mol. The summed E-state index contributed by atoms with van der Waals surface area (Å²) in [6, 6.07) is 6.87. The first kappa shape index (κ1) is 12.9. The van der Waals surface area contributed by atoms with Crippen molar-refractivity contribution >= 4 is 17.3 Å². The normalized spacial score (nSPS) is 10.9. The third-order valence-corrected chi connectivity index (χ3v) is 2.88. The minimum absolute atomic E-state index is 0.118. The Morgan fingerprint density at radius 3 is 2.78 bits per heavy atom. The molecule has 0 unspecified atom stereocenters. The van der Waals surface area contributed by atoms with Gasteiger partial charge in [-0.2, -0.15) is 5.10 Å². The smallest absolute Gasteiger partial charge is 0.141 e. The Labute approximate surface area is 111 Å². The van der Waals surface area contributed by atoms with E-state index in [1.807, 2.05) is 16.9 Å². The van der Waals surface area contributed by atoms with E-state index in [1.165, 1.54) is 6.07 Å². The summed E-state index contributed by atoms with van der Waals surface area (Å²) in [6.07, 6.45) is 1.94. The zero-order valence-corrected chi connectivity index (χ0v) is 11.1. The lowest BCUT2D eigenvalue weighted by Gasteiger charge is -2.06. The van der Waals surface area contributed by atoms with Gasteiger partial charge in [-0.1, -0.05) is 11.6 Å². The molecular formula is C13H15ClFN3. The summed E-state index contributed by atoms with van der Waals surface area (Å²) in [4.78, 5) is 0. The van der Waals surface area contributed by atoms with E-state index in [2.05, 4.69) is 24.3 Å². The third kappa shape index (κ3) is 3.01. The highest BCUT2D eigenvalue weighted by Gasteiger charge is 2.03. The molecule has 2 rings (SSSR count). The Morgan fingerprint density at radius 2 is 2.17 bits per heavy atom. The lowest BCUT2D eigenvalue weighted by Crippen LogP contribution is -2.04. The van der Waals surface area contributed by atoms with E-state index in [1.54, 1.807) is 12.1 Å². The lowest BCUT2D eigenvalue weighted by atomic mass is 10.3. The van der Waals surface area contributed by atoms with Crippen LogP contribution in [0.25, 0.3) is 0 Å². The molecule has 2 aromatic rings. The van der Waals surface area contributed by atoms with E-state index in [0.717, 1.165) is 11.4 Å². The van der Waals surface area contributed by atoms with E-state index in [-0.39, 0.29) is 5.02 Å². The van der Waals surface area contributed by atoms with Crippen LogP contribution in [0.5, 0.6) is 0 Å². The summed E-state index contributed by atoms with van der Waals surface area (Å²) in [7, 11) is 0. The van der Waals surface area contributed by atoms with Gasteiger partial charge in [0.15, 0.2) is 0 Å². The minimum atomic E-state index is -0.411. The highest BCUT2D eigenvalue weighted by molar-refractivity contribution is 6.31. The second-order valence-electron chi connectivity index (χ2n) is 4.36. The number of anilines is 1. The summed E-state index contributed by atoms with van der Waals surface area (Å²) in [5.74, 6) is -0.411. The van der Waals surface area contributed by atoms with Crippen LogP contribution in [-0.2, 0) is 6.54 Å². The molecule has 1 heterocycles. The molecule has 0 saturated heterocycles. The van der Waals surface area contributed by atoms with Crippen molar-refractivity contribution in [3.05, 3.63) is 47.0 Å². The van der Waals surface area contributed by atoms with Crippen molar-refractivity contribution in [3.8, 4) is 0 Å². The first-order chi connectivity index (χ1) is 8.56. The second-order valence-corrected chi connectivity index (χ2v) is 4.77. The quantitative estimate of drug-likeness (QED) is 0.911. The molecule has 0 saturated carbocycles. The van der Waals surface area contributed by atoms with Gasteiger partial charge in [0.25, 0.3) is 0 Å². The highest BCUT2D eigenvalue weighted by Crippen LogP contribution is 2.19. The Bertz CT molecular complexity index is 537. The van der Waals surface area contributed by atoms with Gasteiger partial charge in [0.2, 0.25) is 0 Å². The summed E-state index contributed by atoms with van der Waals surface area (Å²) in [5, 5.41) is 7.68. The SMILES string of the molecule is CC(C)n1ccc(CNc2ccc(F)c(Cl)c2)n1. The van der Waals surface area contributed by atoms with Crippen molar-refractivity contribution in [1.29, 1.82) is 0 Å². The number of aromatic nitrogens is 2. The number of hydrogen-bond acceptors (Lipinski definition) is 2. The Kier molecular flexibility index (Phi) is 3.87. The maximum atomic E-state index is 13.0. The van der Waals surface area contributed by atoms with Crippen molar-refractivity contribution < 1.29 is 4.39 Å². The van der Waals surface area contributed by atoms with Crippen LogP contribution in [0.3, 0.4) is 0 Å². The summed E-state index contributed by atoms with van der Waals surface area (Å²) < 4.78 is 14.9. The third-order valence-electron chi connectivity index (χ3n) is 2.59. The maximum absolute atomic E-state index is 13.0. The molecule has 0 aliphatic rings. The molecule has 1 N–H and O–H groups in total. The number of nitrogens with one attached hydrogen (secondary N) is 1. The van der Waals surface area contributed by atoms with Crippen LogP contribution in [-0.4, -0.2) is 9.78 Å². The van der Waals surface area contributed by atoms with Crippen LogP contribution in [0.2, 0.25) is 5.02 Å². The molecule has 0 aliphatic heterocycles. The first-order valence-corrected chi connectivity index (χ1v) is 6.17. The zero-order chi connectivity index (χ0) is 13.1. The summed E-state index contributed by atoms with van der Waals surface area (Å²) in [6.45, 7) is 4.73. The average Bonchev–Trinajstić information content (AvgIpc) is 2.79. The fourth-order valence-electron chi connectivity index (χ4n) is 1.56. The lowest BCUT2D eigenvalue weighted by molar-refractivity contribution is 0.527. The Hall–Kier alpha value is -1.55. The highest BCUT2D eigenvalue weighted by atomic mass is 35.5. The minimum Gasteiger partial charge on any atom is -0.379 e. The van der Waals surface area contributed by atoms with Crippen LogP contribution >= 0.6 is 11.6 Å². The van der Waals surface area contributed by atoms with Crippen molar-refractivity contribution in [2.45, 2.75) is 26.4 Å². The molecule has 5 heteroatoms. The molecule has 1 aromatic carbocycles. The number of benzene rings is 1. The van der Waals surface area contributed by atoms with Gasteiger partial charge in [0.05, 0.1) is 17.3 Å². The van der Waals surface area contributed by atoms with Crippen molar-refractivity contribution in [2.24, 2.45) is 0 Å². The molecule has 0 amide bonds. The molecule has 18 heavy (non-hydrogen) atoms. The molecular weight excluding hydrogens is 253 g/mol. The topological polar surface area (TPSA) is 29.9 Å². The Morgan fingerprint density at radius 1 is 1.39 bits per heavy atom. The van der Waals surface area contributed by atoms with Gasteiger partial charge in [-0.25, -0.2) is 4.39 Å². The molecule has 96 valence electrons. The van der Waals surface area contributed by atoms with Gasteiger partial charge in [0, 0.05) is 17.9 Å². The van der Waals surface area contributed by atoms with Gasteiger partial charge >= 0.3 is 0 Å².